The van der Waals surface area contributed by atoms with E-state index in [2.05, 4.69) is 54.6 Å². The molecule has 1 aliphatic heterocycles. The lowest BCUT2D eigenvalue weighted by Crippen LogP contribution is -2.36. The SMILES string of the molecule is O=C1OCC2CC=CCC12Cc1ccc2ccccc2c1. The molecule has 106 valence electrons. The molecular formula is C19H18O2. The summed E-state index contributed by atoms with van der Waals surface area (Å²) in [4.78, 5) is 12.3. The second kappa shape index (κ2) is 4.73. The Hall–Kier alpha value is -2.09. The van der Waals surface area contributed by atoms with Gasteiger partial charge in [-0.05, 0) is 35.6 Å². The maximum atomic E-state index is 12.3. The standard InChI is InChI=1S/C19H18O2/c20-18-19(10-4-3-7-17(19)13-21-18)12-14-8-9-15-5-1-2-6-16(15)11-14/h1-6,8-9,11,17H,7,10,12-13H2. The molecule has 2 aromatic rings. The Labute approximate surface area is 124 Å². The quantitative estimate of drug-likeness (QED) is 0.615. The van der Waals surface area contributed by atoms with E-state index in [9.17, 15) is 4.79 Å². The van der Waals surface area contributed by atoms with Crippen LogP contribution in [-0.2, 0) is 16.0 Å². The molecule has 2 nitrogen and oxygen atoms in total. The maximum Gasteiger partial charge on any atom is 0.313 e. The van der Waals surface area contributed by atoms with Crippen LogP contribution in [0.4, 0.5) is 0 Å². The first-order valence-electron chi connectivity index (χ1n) is 7.58. The number of hydrogen-bond acceptors (Lipinski definition) is 2. The number of allylic oxidation sites excluding steroid dienone is 2. The van der Waals surface area contributed by atoms with Gasteiger partial charge in [0.05, 0.1) is 12.0 Å². The fourth-order valence-corrected chi connectivity index (χ4v) is 3.75. The first kappa shape index (κ1) is 12.6. The lowest BCUT2D eigenvalue weighted by molar-refractivity contribution is -0.146. The molecule has 2 heteroatoms. The number of carbonyl (C=O) groups is 1. The van der Waals surface area contributed by atoms with Gasteiger partial charge < -0.3 is 4.74 Å². The van der Waals surface area contributed by atoms with E-state index in [0.717, 1.165) is 19.3 Å². The Kier molecular flexibility index (Phi) is 2.85. The highest BCUT2D eigenvalue weighted by molar-refractivity contribution is 5.84. The topological polar surface area (TPSA) is 26.3 Å². The van der Waals surface area contributed by atoms with Crippen LogP contribution in [0.25, 0.3) is 10.8 Å². The molecule has 0 spiro atoms. The van der Waals surface area contributed by atoms with Crippen LogP contribution in [0.1, 0.15) is 18.4 Å². The summed E-state index contributed by atoms with van der Waals surface area (Å²) in [6.07, 6.45) is 6.88. The largest absolute Gasteiger partial charge is 0.465 e. The minimum absolute atomic E-state index is 0.00925. The van der Waals surface area contributed by atoms with E-state index in [1.165, 1.54) is 16.3 Å². The predicted octanol–water partition coefficient (Wildman–Crippen LogP) is 3.89. The number of rotatable bonds is 2. The van der Waals surface area contributed by atoms with E-state index in [1.807, 2.05) is 0 Å². The number of ether oxygens (including phenoxy) is 1. The van der Waals surface area contributed by atoms with Crippen molar-refractivity contribution in [3.8, 4) is 0 Å². The van der Waals surface area contributed by atoms with Crippen molar-refractivity contribution >= 4 is 16.7 Å². The van der Waals surface area contributed by atoms with Crippen LogP contribution >= 0.6 is 0 Å². The summed E-state index contributed by atoms with van der Waals surface area (Å²) in [5.41, 5.74) is 0.893. The van der Waals surface area contributed by atoms with Crippen molar-refractivity contribution in [2.24, 2.45) is 11.3 Å². The minimum Gasteiger partial charge on any atom is -0.465 e. The van der Waals surface area contributed by atoms with Crippen molar-refractivity contribution in [2.75, 3.05) is 6.61 Å². The van der Waals surface area contributed by atoms with Crippen molar-refractivity contribution in [1.82, 2.24) is 0 Å². The van der Waals surface area contributed by atoms with Crippen molar-refractivity contribution in [2.45, 2.75) is 19.3 Å². The van der Waals surface area contributed by atoms with E-state index in [-0.39, 0.29) is 11.4 Å². The fraction of sp³-hybridized carbons (Fsp3) is 0.316. The molecule has 0 bridgehead atoms. The van der Waals surface area contributed by atoms with Crippen LogP contribution in [0.3, 0.4) is 0 Å². The zero-order chi connectivity index (χ0) is 14.3. The molecule has 0 aromatic heterocycles. The van der Waals surface area contributed by atoms with Crippen LogP contribution < -0.4 is 0 Å². The van der Waals surface area contributed by atoms with Crippen molar-refractivity contribution in [3.05, 3.63) is 60.2 Å². The molecule has 1 saturated heterocycles. The number of esters is 1. The number of hydrogen-bond donors (Lipinski definition) is 0. The molecule has 1 heterocycles. The molecule has 1 fully saturated rings. The van der Waals surface area contributed by atoms with Crippen LogP contribution in [0.15, 0.2) is 54.6 Å². The first-order valence-corrected chi connectivity index (χ1v) is 7.58. The average Bonchev–Trinajstić information content (AvgIpc) is 2.84. The van der Waals surface area contributed by atoms with Crippen LogP contribution in [0.5, 0.6) is 0 Å². The third-order valence-corrected chi connectivity index (χ3v) is 5.01. The zero-order valence-corrected chi connectivity index (χ0v) is 11.9. The molecule has 2 unspecified atom stereocenters. The van der Waals surface area contributed by atoms with Crippen LogP contribution in [0.2, 0.25) is 0 Å². The van der Waals surface area contributed by atoms with Gasteiger partial charge in [0.15, 0.2) is 0 Å². The van der Waals surface area contributed by atoms with Crippen molar-refractivity contribution < 1.29 is 9.53 Å². The highest BCUT2D eigenvalue weighted by atomic mass is 16.5. The summed E-state index contributed by atoms with van der Waals surface area (Å²) < 4.78 is 5.38. The van der Waals surface area contributed by atoms with Gasteiger partial charge in [0.2, 0.25) is 0 Å². The fourth-order valence-electron chi connectivity index (χ4n) is 3.75. The first-order chi connectivity index (χ1) is 10.3. The smallest absolute Gasteiger partial charge is 0.313 e. The highest BCUT2D eigenvalue weighted by Gasteiger charge is 2.51. The summed E-state index contributed by atoms with van der Waals surface area (Å²) in [6, 6.07) is 14.9. The molecule has 1 aliphatic carbocycles. The van der Waals surface area contributed by atoms with Crippen LogP contribution in [-0.4, -0.2) is 12.6 Å². The molecule has 4 rings (SSSR count). The van der Waals surface area contributed by atoms with Gasteiger partial charge in [-0.15, -0.1) is 0 Å². The number of benzene rings is 2. The summed E-state index contributed by atoms with van der Waals surface area (Å²) in [6.45, 7) is 0.580. The van der Waals surface area contributed by atoms with E-state index in [4.69, 9.17) is 4.74 Å². The molecule has 21 heavy (non-hydrogen) atoms. The van der Waals surface area contributed by atoms with Crippen molar-refractivity contribution in [1.29, 1.82) is 0 Å². The third kappa shape index (κ3) is 1.98. The van der Waals surface area contributed by atoms with Gasteiger partial charge in [0.1, 0.15) is 0 Å². The Balaban J connectivity index is 1.72. The Morgan fingerprint density at radius 2 is 1.95 bits per heavy atom. The van der Waals surface area contributed by atoms with Crippen molar-refractivity contribution in [3.63, 3.8) is 0 Å². The molecule has 2 atom stereocenters. The summed E-state index contributed by atoms with van der Waals surface area (Å²) in [7, 11) is 0. The maximum absolute atomic E-state index is 12.3. The number of carbonyl (C=O) groups excluding carboxylic acids is 1. The lowest BCUT2D eigenvalue weighted by atomic mass is 9.67. The normalized spacial score (nSPS) is 27.6. The van der Waals surface area contributed by atoms with Gasteiger partial charge >= 0.3 is 5.97 Å². The summed E-state index contributed by atoms with van der Waals surface area (Å²) in [5, 5.41) is 2.48. The average molecular weight is 278 g/mol. The molecular weight excluding hydrogens is 260 g/mol. The Morgan fingerprint density at radius 3 is 2.86 bits per heavy atom. The number of fused-ring (bicyclic) bond motifs is 2. The van der Waals surface area contributed by atoms with E-state index in [0.29, 0.717) is 12.5 Å². The number of cyclic esters (lactones) is 1. The monoisotopic (exact) mass is 278 g/mol. The Bertz CT molecular complexity index is 731. The van der Waals surface area contributed by atoms with Gasteiger partial charge in [-0.1, -0.05) is 54.6 Å². The highest BCUT2D eigenvalue weighted by Crippen LogP contribution is 2.46. The van der Waals surface area contributed by atoms with Gasteiger partial charge in [0, 0.05) is 5.92 Å². The van der Waals surface area contributed by atoms with E-state index >= 15 is 0 Å². The Morgan fingerprint density at radius 1 is 1.10 bits per heavy atom. The second-order valence-electron chi connectivity index (χ2n) is 6.22. The second-order valence-corrected chi connectivity index (χ2v) is 6.22. The molecule has 2 aliphatic rings. The third-order valence-electron chi connectivity index (χ3n) is 5.01. The minimum atomic E-state index is -0.336. The molecule has 0 saturated carbocycles. The molecule has 2 aromatic carbocycles. The lowest BCUT2D eigenvalue weighted by Gasteiger charge is -2.32. The molecule has 0 radical (unpaired) electrons. The zero-order valence-electron chi connectivity index (χ0n) is 11.9. The van der Waals surface area contributed by atoms with Gasteiger partial charge in [-0.25, -0.2) is 0 Å². The summed E-state index contributed by atoms with van der Waals surface area (Å²) in [5.74, 6) is 0.325. The summed E-state index contributed by atoms with van der Waals surface area (Å²) >= 11 is 0. The van der Waals surface area contributed by atoms with E-state index in [1.54, 1.807) is 0 Å². The molecule has 0 N–H and O–H groups in total. The predicted molar refractivity (Wildman–Crippen MR) is 82.9 cm³/mol. The molecule has 0 amide bonds. The van der Waals surface area contributed by atoms with Gasteiger partial charge in [-0.2, -0.15) is 0 Å². The van der Waals surface area contributed by atoms with Gasteiger partial charge in [-0.3, -0.25) is 4.79 Å². The van der Waals surface area contributed by atoms with Gasteiger partial charge in [0.25, 0.3) is 0 Å². The van der Waals surface area contributed by atoms with Crippen LogP contribution in [0, 0.1) is 11.3 Å². The van der Waals surface area contributed by atoms with E-state index < -0.39 is 0 Å².